The maximum Gasteiger partial charge on any atom is 0.0885 e. The maximum absolute atomic E-state index is 9.14. The molecule has 1 unspecified atom stereocenters. The van der Waals surface area contributed by atoms with Crippen LogP contribution in [0.3, 0.4) is 0 Å². The van der Waals surface area contributed by atoms with Gasteiger partial charge in [-0.05, 0) is 64.7 Å². The van der Waals surface area contributed by atoms with Crippen molar-refractivity contribution in [1.29, 1.82) is 5.26 Å². The molecule has 5 aromatic rings. The zero-order valence-electron chi connectivity index (χ0n) is 18.0. The van der Waals surface area contributed by atoms with Crippen molar-refractivity contribution in [1.82, 2.24) is 4.57 Å². The first-order valence-electron chi connectivity index (χ1n) is 11.1. The molecule has 1 atom stereocenters. The molecule has 0 N–H and O–H groups in total. The zero-order chi connectivity index (χ0) is 22.2. The highest BCUT2D eigenvalue weighted by atomic mass is 15.0. The summed E-state index contributed by atoms with van der Waals surface area (Å²) < 4.78 is 2.33. The normalized spacial score (nSPS) is 15.1. The van der Waals surface area contributed by atoms with Gasteiger partial charge in [0.25, 0.3) is 0 Å². The number of hydrogen-bond acceptors (Lipinski definition) is 2. The molecule has 3 heteroatoms. The Morgan fingerprint density at radius 3 is 2.36 bits per heavy atom. The summed E-state index contributed by atoms with van der Waals surface area (Å²) >= 11 is 0. The van der Waals surface area contributed by atoms with E-state index in [2.05, 4.69) is 113 Å². The number of fused-ring (bicyclic) bond motifs is 3. The van der Waals surface area contributed by atoms with Gasteiger partial charge >= 0.3 is 0 Å². The first kappa shape index (κ1) is 19.3. The predicted molar refractivity (Wildman–Crippen MR) is 137 cm³/mol. The van der Waals surface area contributed by atoms with Gasteiger partial charge in [-0.15, -0.1) is 0 Å². The van der Waals surface area contributed by atoms with Crippen molar-refractivity contribution >= 4 is 33.6 Å². The van der Waals surface area contributed by atoms with E-state index in [-0.39, 0.29) is 6.04 Å². The van der Waals surface area contributed by atoms with E-state index in [1.807, 2.05) is 12.3 Å². The van der Waals surface area contributed by atoms with Crippen LogP contribution in [-0.4, -0.2) is 16.8 Å². The van der Waals surface area contributed by atoms with Gasteiger partial charge in [-0.3, -0.25) is 4.99 Å². The first-order chi connectivity index (χ1) is 16.3. The Kier molecular flexibility index (Phi) is 4.63. The van der Waals surface area contributed by atoms with Gasteiger partial charge in [0.05, 0.1) is 29.6 Å². The average Bonchev–Trinajstić information content (AvgIpc) is 3.47. The summed E-state index contributed by atoms with van der Waals surface area (Å²) in [5, 5.41) is 11.6. The van der Waals surface area contributed by atoms with Crippen LogP contribution in [0.4, 0.5) is 0 Å². The highest BCUT2D eigenvalue weighted by Gasteiger charge is 2.18. The Balaban J connectivity index is 1.50. The van der Waals surface area contributed by atoms with E-state index in [0.29, 0.717) is 6.42 Å². The molecule has 0 bridgehead atoms. The van der Waals surface area contributed by atoms with E-state index in [1.165, 1.54) is 27.4 Å². The van der Waals surface area contributed by atoms with Crippen LogP contribution in [0.1, 0.15) is 12.0 Å². The highest BCUT2D eigenvalue weighted by Crippen LogP contribution is 2.36. The third kappa shape index (κ3) is 3.24. The summed E-state index contributed by atoms with van der Waals surface area (Å²) in [5.74, 6) is 0. The van der Waals surface area contributed by atoms with E-state index in [1.54, 1.807) is 0 Å². The molecule has 0 radical (unpaired) electrons. The number of allylic oxidation sites excluding steroid dienone is 1. The molecule has 1 aromatic heterocycles. The molecule has 4 aromatic carbocycles. The molecule has 0 fully saturated rings. The van der Waals surface area contributed by atoms with E-state index >= 15 is 0 Å². The molecule has 3 nitrogen and oxygen atoms in total. The minimum absolute atomic E-state index is 0.0726. The van der Waals surface area contributed by atoms with Crippen molar-refractivity contribution in [3.63, 3.8) is 0 Å². The fourth-order valence-electron chi connectivity index (χ4n) is 4.84. The molecule has 2 heterocycles. The largest absolute Gasteiger partial charge is 0.309 e. The summed E-state index contributed by atoms with van der Waals surface area (Å²) in [4.78, 5) is 4.45. The van der Waals surface area contributed by atoms with Crippen molar-refractivity contribution < 1.29 is 0 Å². The molecule has 0 saturated carbocycles. The molecule has 1 aliphatic rings. The standard InChI is InChI=1S/C30H21N3/c31-17-15-28-25(16-18-32-28)23-8-6-7-21(19-23)22-13-14-30-27(20-22)26-11-4-5-12-29(26)33(30)24-9-2-1-3-10-24/h1-14,16,18-20,28H,15H2. The van der Waals surface area contributed by atoms with E-state index in [0.717, 1.165) is 22.4 Å². The van der Waals surface area contributed by atoms with Crippen LogP contribution < -0.4 is 0 Å². The molecular formula is C30H21N3. The molecule has 0 amide bonds. The van der Waals surface area contributed by atoms with Crippen molar-refractivity contribution in [3.05, 3.63) is 109 Å². The van der Waals surface area contributed by atoms with Crippen LogP contribution in [0.15, 0.2) is 108 Å². The fourth-order valence-corrected chi connectivity index (χ4v) is 4.84. The van der Waals surface area contributed by atoms with Crippen LogP contribution >= 0.6 is 0 Å². The lowest BCUT2D eigenvalue weighted by Crippen LogP contribution is -2.03. The molecule has 1 aliphatic heterocycles. The number of para-hydroxylation sites is 2. The van der Waals surface area contributed by atoms with Gasteiger partial charge in [0.15, 0.2) is 0 Å². The Hall–Kier alpha value is -4.42. The number of nitrogens with zero attached hydrogens (tertiary/aromatic N) is 3. The average molecular weight is 424 g/mol. The van der Waals surface area contributed by atoms with Gasteiger partial charge in [-0.25, -0.2) is 0 Å². The number of hydrogen-bond donors (Lipinski definition) is 0. The second-order valence-corrected chi connectivity index (χ2v) is 8.30. The second kappa shape index (κ2) is 7.93. The Morgan fingerprint density at radius 1 is 0.727 bits per heavy atom. The molecule has 0 saturated heterocycles. The molecule has 33 heavy (non-hydrogen) atoms. The zero-order valence-corrected chi connectivity index (χ0v) is 18.0. The van der Waals surface area contributed by atoms with Gasteiger partial charge in [-0.1, -0.05) is 60.7 Å². The van der Waals surface area contributed by atoms with Crippen molar-refractivity contribution in [2.75, 3.05) is 0 Å². The first-order valence-corrected chi connectivity index (χ1v) is 11.1. The summed E-state index contributed by atoms with van der Waals surface area (Å²) in [7, 11) is 0. The maximum atomic E-state index is 9.14. The van der Waals surface area contributed by atoms with Crippen molar-refractivity contribution in [2.24, 2.45) is 4.99 Å². The van der Waals surface area contributed by atoms with Gasteiger partial charge in [0.1, 0.15) is 0 Å². The molecule has 0 aliphatic carbocycles. The Morgan fingerprint density at radius 2 is 1.48 bits per heavy atom. The molecule has 6 rings (SSSR count). The fraction of sp³-hybridized carbons (Fsp3) is 0.0667. The van der Waals surface area contributed by atoms with Gasteiger partial charge in [0.2, 0.25) is 0 Å². The van der Waals surface area contributed by atoms with E-state index < -0.39 is 0 Å². The van der Waals surface area contributed by atoms with Gasteiger partial charge < -0.3 is 4.57 Å². The summed E-state index contributed by atoms with van der Waals surface area (Å²) in [6.45, 7) is 0. The monoisotopic (exact) mass is 423 g/mol. The summed E-state index contributed by atoms with van der Waals surface area (Å²) in [6.07, 6.45) is 4.24. The number of aliphatic imine (C=N–C) groups is 1. The second-order valence-electron chi connectivity index (χ2n) is 8.30. The van der Waals surface area contributed by atoms with Crippen LogP contribution in [-0.2, 0) is 0 Å². The smallest absolute Gasteiger partial charge is 0.0885 e. The van der Waals surface area contributed by atoms with Crippen LogP contribution in [0.25, 0.3) is 44.2 Å². The minimum Gasteiger partial charge on any atom is -0.309 e. The lowest BCUT2D eigenvalue weighted by molar-refractivity contribution is 0.879. The number of rotatable bonds is 4. The quantitative estimate of drug-likeness (QED) is 0.301. The Bertz CT molecular complexity index is 1600. The SMILES string of the molecule is N#CCC1N=CC=C1c1cccc(-c2ccc3c(c2)c2ccccc2n3-c2ccccc2)c1. The minimum atomic E-state index is -0.0726. The van der Waals surface area contributed by atoms with E-state index in [4.69, 9.17) is 5.26 Å². The Labute approximate surface area is 192 Å². The van der Waals surface area contributed by atoms with E-state index in [9.17, 15) is 0 Å². The van der Waals surface area contributed by atoms with Gasteiger partial charge in [0, 0.05) is 22.7 Å². The van der Waals surface area contributed by atoms with Crippen LogP contribution in [0.5, 0.6) is 0 Å². The van der Waals surface area contributed by atoms with Crippen LogP contribution in [0.2, 0.25) is 0 Å². The van der Waals surface area contributed by atoms with Gasteiger partial charge in [-0.2, -0.15) is 5.26 Å². The van der Waals surface area contributed by atoms with Crippen molar-refractivity contribution in [3.8, 4) is 22.9 Å². The van der Waals surface area contributed by atoms with Crippen LogP contribution in [0, 0.1) is 11.3 Å². The molecule has 156 valence electrons. The third-order valence-electron chi connectivity index (χ3n) is 6.38. The number of benzene rings is 4. The van der Waals surface area contributed by atoms with Crippen molar-refractivity contribution in [2.45, 2.75) is 12.5 Å². The number of aromatic nitrogens is 1. The lowest BCUT2D eigenvalue weighted by Gasteiger charge is -2.12. The summed E-state index contributed by atoms with van der Waals surface area (Å²) in [5.41, 5.74) is 8.14. The number of nitriles is 1. The predicted octanol–water partition coefficient (Wildman–Crippen LogP) is 7.20. The lowest BCUT2D eigenvalue weighted by atomic mass is 9.94. The molecular weight excluding hydrogens is 402 g/mol. The topological polar surface area (TPSA) is 41.1 Å². The summed E-state index contributed by atoms with van der Waals surface area (Å²) in [6, 6.07) is 36.5. The third-order valence-corrected chi connectivity index (χ3v) is 6.38. The molecule has 0 spiro atoms. The highest BCUT2D eigenvalue weighted by molar-refractivity contribution is 6.10.